The third kappa shape index (κ3) is 5.67. The summed E-state index contributed by atoms with van der Waals surface area (Å²) in [7, 11) is 1.57. The van der Waals surface area contributed by atoms with Gasteiger partial charge in [0.05, 0.1) is 28.2 Å². The van der Waals surface area contributed by atoms with Gasteiger partial charge in [-0.3, -0.25) is 9.59 Å². The summed E-state index contributed by atoms with van der Waals surface area (Å²) in [5.41, 5.74) is 3.36. The zero-order valence-electron chi connectivity index (χ0n) is 17.0. The molecule has 0 aliphatic heterocycles. The maximum atomic E-state index is 12.3. The van der Waals surface area contributed by atoms with Gasteiger partial charge in [-0.15, -0.1) is 11.6 Å². The molecule has 0 spiro atoms. The van der Waals surface area contributed by atoms with E-state index in [9.17, 15) is 9.59 Å². The Morgan fingerprint density at radius 1 is 1.06 bits per heavy atom. The van der Waals surface area contributed by atoms with Crippen molar-refractivity contribution in [3.63, 3.8) is 0 Å². The van der Waals surface area contributed by atoms with E-state index in [1.807, 2.05) is 0 Å². The van der Waals surface area contributed by atoms with Gasteiger partial charge in [-0.2, -0.15) is 0 Å². The van der Waals surface area contributed by atoms with Crippen molar-refractivity contribution in [3.8, 4) is 5.69 Å². The molecule has 5 nitrogen and oxygen atoms in total. The van der Waals surface area contributed by atoms with Crippen LogP contribution in [0.5, 0.6) is 0 Å². The Labute approximate surface area is 205 Å². The number of amides is 2. The second kappa shape index (κ2) is 10.9. The fourth-order valence-electron chi connectivity index (χ4n) is 3.02. The molecule has 2 aromatic carbocycles. The summed E-state index contributed by atoms with van der Waals surface area (Å²) in [6, 6.07) is 12.1. The van der Waals surface area contributed by atoms with E-state index in [0.717, 1.165) is 11.3 Å². The van der Waals surface area contributed by atoms with Crippen molar-refractivity contribution in [1.29, 1.82) is 0 Å². The SMILES string of the molecule is CNC(=O)c1ccc(C=CC(=O)NCc2cc(Cl)cn2-c2ccc(Cl)c(CCl)c2Cl)cc1. The Balaban J connectivity index is 1.71. The van der Waals surface area contributed by atoms with Crippen LogP contribution in [0.1, 0.15) is 27.2 Å². The summed E-state index contributed by atoms with van der Waals surface area (Å²) in [4.78, 5) is 23.9. The highest BCUT2D eigenvalue weighted by molar-refractivity contribution is 6.38. The first-order chi connectivity index (χ1) is 15.3. The Kier molecular flexibility index (Phi) is 8.26. The number of alkyl halides is 1. The molecule has 166 valence electrons. The predicted octanol–water partition coefficient (Wildman–Crippen LogP) is 5.87. The molecule has 2 amide bonds. The van der Waals surface area contributed by atoms with Crippen molar-refractivity contribution >= 4 is 64.3 Å². The summed E-state index contributed by atoms with van der Waals surface area (Å²) < 4.78 is 1.79. The van der Waals surface area contributed by atoms with Crippen molar-refractivity contribution in [2.75, 3.05) is 7.05 Å². The zero-order valence-corrected chi connectivity index (χ0v) is 20.0. The lowest BCUT2D eigenvalue weighted by Gasteiger charge is -2.14. The van der Waals surface area contributed by atoms with E-state index in [-0.39, 0.29) is 24.2 Å². The molecule has 0 saturated carbocycles. The van der Waals surface area contributed by atoms with Crippen molar-refractivity contribution in [2.24, 2.45) is 0 Å². The molecule has 3 aromatic rings. The minimum absolute atomic E-state index is 0.168. The normalized spacial score (nSPS) is 11.0. The maximum absolute atomic E-state index is 12.3. The van der Waals surface area contributed by atoms with Crippen LogP contribution in [0.4, 0.5) is 0 Å². The molecule has 0 saturated heterocycles. The van der Waals surface area contributed by atoms with Crippen molar-refractivity contribution in [1.82, 2.24) is 15.2 Å². The van der Waals surface area contributed by atoms with Gasteiger partial charge in [-0.25, -0.2) is 0 Å². The maximum Gasteiger partial charge on any atom is 0.251 e. The minimum Gasteiger partial charge on any atom is -0.355 e. The molecule has 0 aliphatic carbocycles. The van der Waals surface area contributed by atoms with E-state index in [4.69, 9.17) is 46.4 Å². The predicted molar refractivity (Wildman–Crippen MR) is 131 cm³/mol. The van der Waals surface area contributed by atoms with Gasteiger partial charge in [0.2, 0.25) is 5.91 Å². The highest BCUT2D eigenvalue weighted by Crippen LogP contribution is 2.33. The first kappa shape index (κ1) is 24.2. The number of rotatable bonds is 7. The number of hydrogen-bond donors (Lipinski definition) is 2. The Morgan fingerprint density at radius 2 is 1.78 bits per heavy atom. The molecule has 2 N–H and O–H groups in total. The summed E-state index contributed by atoms with van der Waals surface area (Å²) in [5, 5.41) is 6.79. The average Bonchev–Trinajstić information content (AvgIpc) is 3.16. The third-order valence-corrected chi connectivity index (χ3v) is 5.95. The van der Waals surface area contributed by atoms with Crippen LogP contribution in [0.2, 0.25) is 15.1 Å². The monoisotopic (exact) mass is 509 g/mol. The van der Waals surface area contributed by atoms with Crippen LogP contribution in [-0.2, 0) is 17.2 Å². The molecule has 0 fully saturated rings. The molecule has 3 rings (SSSR count). The number of nitrogens with zero attached hydrogens (tertiary/aromatic N) is 1. The number of aromatic nitrogens is 1. The van der Waals surface area contributed by atoms with Crippen LogP contribution < -0.4 is 10.6 Å². The molecule has 9 heteroatoms. The van der Waals surface area contributed by atoms with Gasteiger partial charge in [-0.1, -0.05) is 46.9 Å². The van der Waals surface area contributed by atoms with Gasteiger partial charge in [0.1, 0.15) is 0 Å². The molecular weight excluding hydrogens is 492 g/mol. The minimum atomic E-state index is -0.284. The zero-order chi connectivity index (χ0) is 23.3. The topological polar surface area (TPSA) is 63.1 Å². The smallest absolute Gasteiger partial charge is 0.251 e. The number of benzene rings is 2. The molecule has 1 heterocycles. The van der Waals surface area contributed by atoms with Crippen LogP contribution in [-0.4, -0.2) is 23.4 Å². The van der Waals surface area contributed by atoms with Gasteiger partial charge in [0.15, 0.2) is 0 Å². The van der Waals surface area contributed by atoms with Crippen LogP contribution in [0.15, 0.2) is 54.7 Å². The number of hydrogen-bond acceptors (Lipinski definition) is 2. The third-order valence-electron chi connectivity index (χ3n) is 4.70. The Hall–Kier alpha value is -2.44. The second-order valence-electron chi connectivity index (χ2n) is 6.76. The molecule has 1 aromatic heterocycles. The fraction of sp³-hybridized carbons (Fsp3) is 0.130. The molecule has 0 bridgehead atoms. The van der Waals surface area contributed by atoms with E-state index in [1.54, 1.807) is 66.4 Å². The van der Waals surface area contributed by atoms with E-state index >= 15 is 0 Å². The molecule has 0 unspecified atom stereocenters. The van der Waals surface area contributed by atoms with Crippen LogP contribution >= 0.6 is 46.4 Å². The first-order valence-corrected chi connectivity index (χ1v) is 11.2. The molecule has 0 aliphatic rings. The van der Waals surface area contributed by atoms with E-state index in [1.165, 1.54) is 6.08 Å². The Bertz CT molecular complexity index is 1170. The molecule has 32 heavy (non-hydrogen) atoms. The van der Waals surface area contributed by atoms with Crippen LogP contribution in [0, 0.1) is 0 Å². The van der Waals surface area contributed by atoms with E-state index in [2.05, 4.69) is 10.6 Å². The molecule has 0 radical (unpaired) electrons. The molecule has 0 atom stereocenters. The lowest BCUT2D eigenvalue weighted by molar-refractivity contribution is -0.116. The van der Waals surface area contributed by atoms with Crippen molar-refractivity contribution < 1.29 is 9.59 Å². The summed E-state index contributed by atoms with van der Waals surface area (Å²) in [6.45, 7) is 0.223. The largest absolute Gasteiger partial charge is 0.355 e. The van der Waals surface area contributed by atoms with E-state index in [0.29, 0.717) is 31.9 Å². The van der Waals surface area contributed by atoms with Gasteiger partial charge in [0.25, 0.3) is 5.91 Å². The van der Waals surface area contributed by atoms with Crippen molar-refractivity contribution in [2.45, 2.75) is 12.4 Å². The summed E-state index contributed by atoms with van der Waals surface area (Å²) in [5.74, 6) is -0.284. The highest BCUT2D eigenvalue weighted by atomic mass is 35.5. The lowest BCUT2D eigenvalue weighted by atomic mass is 10.1. The standard InChI is InChI=1S/C23H19Cl4N3O2/c1-28-23(32)15-5-2-14(3-6-15)4-9-21(31)29-12-17-10-16(25)13-30(17)20-8-7-19(26)18(11-24)22(20)27/h2-10,13H,11-12H2,1H3,(H,28,32)(H,29,31). The van der Waals surface area contributed by atoms with Gasteiger partial charge < -0.3 is 15.2 Å². The fourth-order valence-corrected chi connectivity index (χ4v) is 4.26. The quantitative estimate of drug-likeness (QED) is 0.308. The second-order valence-corrected chi connectivity index (χ2v) is 8.25. The highest BCUT2D eigenvalue weighted by Gasteiger charge is 2.15. The number of nitrogens with one attached hydrogen (secondary N) is 2. The number of carbonyl (C=O) groups is 2. The summed E-state index contributed by atoms with van der Waals surface area (Å²) >= 11 is 24.8. The van der Waals surface area contributed by atoms with Crippen LogP contribution in [0.3, 0.4) is 0 Å². The average molecular weight is 511 g/mol. The van der Waals surface area contributed by atoms with Gasteiger partial charge >= 0.3 is 0 Å². The summed E-state index contributed by atoms with van der Waals surface area (Å²) in [6.07, 6.45) is 4.79. The van der Waals surface area contributed by atoms with E-state index < -0.39 is 0 Å². The number of carbonyl (C=O) groups excluding carboxylic acids is 2. The number of halogens is 4. The first-order valence-electron chi connectivity index (χ1n) is 9.52. The lowest BCUT2D eigenvalue weighted by Crippen LogP contribution is -2.21. The van der Waals surface area contributed by atoms with Gasteiger partial charge in [-0.05, 0) is 42.0 Å². The molecular formula is C23H19Cl4N3O2. The van der Waals surface area contributed by atoms with Crippen molar-refractivity contribution in [3.05, 3.63) is 92.2 Å². The van der Waals surface area contributed by atoms with Gasteiger partial charge in [0, 0.05) is 41.2 Å². The Morgan fingerprint density at radius 3 is 2.44 bits per heavy atom. The van der Waals surface area contributed by atoms with Crippen LogP contribution in [0.25, 0.3) is 11.8 Å².